The second kappa shape index (κ2) is 9.34. The molecule has 0 fully saturated rings. The van der Waals surface area contributed by atoms with Crippen LogP contribution in [-0.2, 0) is 27.1 Å². The number of amides is 1. The summed E-state index contributed by atoms with van der Waals surface area (Å²) in [5, 5.41) is 3.18. The number of benzene rings is 1. The van der Waals surface area contributed by atoms with Crippen molar-refractivity contribution >= 4 is 50.1 Å². The molecule has 1 N–H and O–H groups in total. The Morgan fingerprint density at radius 1 is 1.07 bits per heavy atom. The van der Waals surface area contributed by atoms with Crippen LogP contribution in [0.2, 0.25) is 0 Å². The molecule has 1 heterocycles. The van der Waals surface area contributed by atoms with Crippen molar-refractivity contribution in [1.29, 1.82) is 0 Å². The van der Waals surface area contributed by atoms with Gasteiger partial charge in [0.2, 0.25) is 0 Å². The molecule has 1 aliphatic carbocycles. The normalized spacial score (nSPS) is 12.8. The lowest BCUT2D eigenvalue weighted by Gasteiger charge is -2.12. The summed E-state index contributed by atoms with van der Waals surface area (Å²) in [6, 6.07) is 6.66. The molecule has 1 amide bonds. The highest BCUT2D eigenvalue weighted by atomic mass is 79.9. The van der Waals surface area contributed by atoms with Crippen LogP contribution < -0.4 is 5.32 Å². The quantitative estimate of drug-likeness (QED) is 0.640. The minimum Gasteiger partial charge on any atom is -0.462 e. The summed E-state index contributed by atoms with van der Waals surface area (Å²) in [6.45, 7) is 1.58. The van der Waals surface area contributed by atoms with E-state index in [1.165, 1.54) is 11.3 Å². The molecule has 0 bridgehead atoms. The molecule has 0 saturated carbocycles. The molecular formula is C20H20BrNO5S. The lowest BCUT2D eigenvalue weighted by atomic mass is 9.95. The molecule has 1 aliphatic rings. The van der Waals surface area contributed by atoms with Crippen molar-refractivity contribution < 1.29 is 23.9 Å². The highest BCUT2D eigenvalue weighted by molar-refractivity contribution is 9.10. The van der Waals surface area contributed by atoms with Crippen LogP contribution in [0.5, 0.6) is 0 Å². The molecule has 0 saturated heterocycles. The molecule has 1 aromatic heterocycles. The molecule has 0 atom stereocenters. The summed E-state index contributed by atoms with van der Waals surface area (Å²) in [7, 11) is 0. The van der Waals surface area contributed by atoms with Crippen LogP contribution in [0.1, 0.15) is 50.9 Å². The van der Waals surface area contributed by atoms with Gasteiger partial charge in [0.25, 0.3) is 5.91 Å². The van der Waals surface area contributed by atoms with E-state index in [4.69, 9.17) is 9.47 Å². The average Bonchev–Trinajstić information content (AvgIpc) is 3.04. The summed E-state index contributed by atoms with van der Waals surface area (Å²) >= 11 is 4.69. The molecule has 2 aromatic rings. The van der Waals surface area contributed by atoms with Gasteiger partial charge in [-0.25, -0.2) is 9.59 Å². The van der Waals surface area contributed by atoms with E-state index in [0.29, 0.717) is 16.1 Å². The van der Waals surface area contributed by atoms with Crippen molar-refractivity contribution in [2.45, 2.75) is 32.6 Å². The Hall–Kier alpha value is -2.19. The van der Waals surface area contributed by atoms with Gasteiger partial charge in [-0.1, -0.05) is 15.9 Å². The Morgan fingerprint density at radius 2 is 1.79 bits per heavy atom. The van der Waals surface area contributed by atoms with Crippen LogP contribution in [0.4, 0.5) is 5.00 Å². The smallest absolute Gasteiger partial charge is 0.341 e. The van der Waals surface area contributed by atoms with Crippen LogP contribution in [0.25, 0.3) is 0 Å². The zero-order valence-electron chi connectivity index (χ0n) is 15.4. The number of carbonyl (C=O) groups is 3. The van der Waals surface area contributed by atoms with Crippen molar-refractivity contribution in [2.24, 2.45) is 0 Å². The van der Waals surface area contributed by atoms with Crippen molar-refractivity contribution in [2.75, 3.05) is 18.5 Å². The minimum absolute atomic E-state index is 0.266. The Kier molecular flexibility index (Phi) is 6.85. The van der Waals surface area contributed by atoms with E-state index in [2.05, 4.69) is 21.2 Å². The Morgan fingerprint density at radius 3 is 2.50 bits per heavy atom. The van der Waals surface area contributed by atoms with E-state index < -0.39 is 24.5 Å². The average molecular weight is 466 g/mol. The monoisotopic (exact) mass is 465 g/mol. The number of esters is 2. The molecule has 8 heteroatoms. The highest BCUT2D eigenvalue weighted by Crippen LogP contribution is 2.38. The largest absolute Gasteiger partial charge is 0.462 e. The van der Waals surface area contributed by atoms with E-state index in [1.54, 1.807) is 31.2 Å². The molecule has 28 heavy (non-hydrogen) atoms. The number of nitrogens with one attached hydrogen (secondary N) is 1. The van der Waals surface area contributed by atoms with Crippen molar-refractivity contribution in [3.63, 3.8) is 0 Å². The maximum absolute atomic E-state index is 12.4. The fraction of sp³-hybridized carbons (Fsp3) is 0.350. The third kappa shape index (κ3) is 4.80. The first-order valence-electron chi connectivity index (χ1n) is 9.03. The summed E-state index contributed by atoms with van der Waals surface area (Å²) < 4.78 is 11.1. The van der Waals surface area contributed by atoms with Gasteiger partial charge in [0.05, 0.1) is 17.7 Å². The van der Waals surface area contributed by atoms with Gasteiger partial charge < -0.3 is 14.8 Å². The summed E-state index contributed by atoms with van der Waals surface area (Å²) in [6.07, 6.45) is 3.76. The molecule has 0 spiro atoms. The van der Waals surface area contributed by atoms with E-state index in [1.807, 2.05) is 0 Å². The molecule has 0 unspecified atom stereocenters. The first kappa shape index (κ1) is 20.5. The number of hydrogen-bond donors (Lipinski definition) is 1. The number of rotatable bonds is 6. The number of anilines is 1. The third-order valence-corrected chi connectivity index (χ3v) is 6.05. The number of carbonyl (C=O) groups excluding carboxylic acids is 3. The zero-order chi connectivity index (χ0) is 20.1. The predicted octanol–water partition coefficient (Wildman–Crippen LogP) is 4.36. The van der Waals surface area contributed by atoms with Gasteiger partial charge in [0, 0.05) is 9.35 Å². The number of ether oxygens (including phenoxy) is 2. The molecule has 0 radical (unpaired) electrons. The SMILES string of the molecule is CCOC(=O)c1c(NC(=O)COC(=O)c2ccc(Br)cc2)sc2c1CCCC2. The van der Waals surface area contributed by atoms with E-state index in [9.17, 15) is 14.4 Å². The summed E-state index contributed by atoms with van der Waals surface area (Å²) in [5.74, 6) is -1.50. The Bertz CT molecular complexity index is 891. The molecule has 148 valence electrons. The maximum atomic E-state index is 12.4. The van der Waals surface area contributed by atoms with Gasteiger partial charge in [0.1, 0.15) is 5.00 Å². The van der Waals surface area contributed by atoms with Gasteiger partial charge in [-0.05, 0) is 62.4 Å². The fourth-order valence-corrected chi connectivity index (χ4v) is 4.59. The number of halogens is 1. The fourth-order valence-electron chi connectivity index (χ4n) is 3.04. The highest BCUT2D eigenvalue weighted by Gasteiger charge is 2.27. The second-order valence-corrected chi connectivity index (χ2v) is 8.29. The topological polar surface area (TPSA) is 81.7 Å². The van der Waals surface area contributed by atoms with Crippen LogP contribution in [0.15, 0.2) is 28.7 Å². The standard InChI is InChI=1S/C20H20BrNO5S/c1-2-26-20(25)17-14-5-3-4-6-15(14)28-18(17)22-16(23)11-27-19(24)12-7-9-13(21)10-8-12/h7-10H,2-6,11H2,1H3,(H,22,23). The number of fused-ring (bicyclic) bond motifs is 1. The first-order valence-corrected chi connectivity index (χ1v) is 10.6. The predicted molar refractivity (Wildman–Crippen MR) is 110 cm³/mol. The molecule has 1 aromatic carbocycles. The summed E-state index contributed by atoms with van der Waals surface area (Å²) in [4.78, 5) is 37.9. The Balaban J connectivity index is 1.68. The van der Waals surface area contributed by atoms with Gasteiger partial charge >= 0.3 is 11.9 Å². The van der Waals surface area contributed by atoms with Crippen molar-refractivity contribution in [1.82, 2.24) is 0 Å². The molecular weight excluding hydrogens is 446 g/mol. The van der Waals surface area contributed by atoms with E-state index >= 15 is 0 Å². The van der Waals surface area contributed by atoms with Crippen LogP contribution in [-0.4, -0.2) is 31.1 Å². The van der Waals surface area contributed by atoms with Gasteiger partial charge in [0.15, 0.2) is 6.61 Å². The van der Waals surface area contributed by atoms with E-state index in [-0.39, 0.29) is 6.61 Å². The van der Waals surface area contributed by atoms with Crippen molar-refractivity contribution in [3.05, 3.63) is 50.3 Å². The molecule has 6 nitrogen and oxygen atoms in total. The molecule has 0 aliphatic heterocycles. The minimum atomic E-state index is -0.584. The van der Waals surface area contributed by atoms with Crippen molar-refractivity contribution in [3.8, 4) is 0 Å². The van der Waals surface area contributed by atoms with Gasteiger partial charge in [-0.2, -0.15) is 0 Å². The van der Waals surface area contributed by atoms with Gasteiger partial charge in [-0.3, -0.25) is 4.79 Å². The number of thiophene rings is 1. The van der Waals surface area contributed by atoms with Gasteiger partial charge in [-0.15, -0.1) is 11.3 Å². The molecule has 3 rings (SSSR count). The van der Waals surface area contributed by atoms with E-state index in [0.717, 1.165) is 40.6 Å². The second-order valence-electron chi connectivity index (χ2n) is 6.27. The zero-order valence-corrected chi connectivity index (χ0v) is 17.8. The van der Waals surface area contributed by atoms with Crippen LogP contribution >= 0.6 is 27.3 Å². The third-order valence-electron chi connectivity index (χ3n) is 4.32. The van der Waals surface area contributed by atoms with Crippen LogP contribution in [0, 0.1) is 0 Å². The number of hydrogen-bond acceptors (Lipinski definition) is 6. The Labute approximate surface area is 175 Å². The first-order chi connectivity index (χ1) is 13.5. The summed E-state index contributed by atoms with van der Waals surface area (Å²) in [5.41, 5.74) is 1.76. The van der Waals surface area contributed by atoms with Crippen LogP contribution in [0.3, 0.4) is 0 Å². The lowest BCUT2D eigenvalue weighted by molar-refractivity contribution is -0.119. The number of aryl methyl sites for hydroxylation is 1. The maximum Gasteiger partial charge on any atom is 0.341 e. The lowest BCUT2D eigenvalue weighted by Crippen LogP contribution is -2.22.